The molecule has 0 radical (unpaired) electrons. The number of benzene rings is 2. The van der Waals surface area contributed by atoms with Crippen LogP contribution in [0.25, 0.3) is 0 Å². The van der Waals surface area contributed by atoms with Crippen LogP contribution in [0.3, 0.4) is 0 Å². The van der Waals surface area contributed by atoms with Crippen molar-refractivity contribution in [3.63, 3.8) is 0 Å². The lowest BCUT2D eigenvalue weighted by atomic mass is 10.0. The number of rotatable bonds is 10. The van der Waals surface area contributed by atoms with E-state index in [0.29, 0.717) is 24.8 Å². The Morgan fingerprint density at radius 2 is 1.61 bits per heavy atom. The Bertz CT molecular complexity index is 876. The Hall–Kier alpha value is -2.82. The maximum Gasteiger partial charge on any atom is 0.261 e. The summed E-state index contributed by atoms with van der Waals surface area (Å²) in [4.78, 5) is 27.6. The van der Waals surface area contributed by atoms with E-state index in [2.05, 4.69) is 19.2 Å². The largest absolute Gasteiger partial charge is 0.483 e. The highest BCUT2D eigenvalue weighted by Crippen LogP contribution is 2.26. The zero-order valence-corrected chi connectivity index (χ0v) is 19.6. The molecule has 0 bridgehead atoms. The first-order valence-corrected chi connectivity index (χ1v) is 11.0. The molecule has 2 rings (SSSR count). The Kier molecular flexibility index (Phi) is 9.10. The van der Waals surface area contributed by atoms with E-state index >= 15 is 0 Å². The van der Waals surface area contributed by atoms with Gasteiger partial charge >= 0.3 is 0 Å². The number of hydrogen-bond donors (Lipinski definition) is 1. The van der Waals surface area contributed by atoms with Crippen LogP contribution in [0.4, 0.5) is 0 Å². The maximum atomic E-state index is 13.2. The zero-order chi connectivity index (χ0) is 23.0. The van der Waals surface area contributed by atoms with Gasteiger partial charge in [-0.3, -0.25) is 9.59 Å². The molecule has 0 saturated heterocycles. The topological polar surface area (TPSA) is 58.6 Å². The molecule has 1 atom stereocenters. The summed E-state index contributed by atoms with van der Waals surface area (Å²) in [6.07, 6.45) is 0. The zero-order valence-electron chi connectivity index (χ0n) is 19.6. The lowest BCUT2D eigenvalue weighted by Gasteiger charge is -2.29. The summed E-state index contributed by atoms with van der Waals surface area (Å²) in [6, 6.07) is 15.1. The summed E-state index contributed by atoms with van der Waals surface area (Å²) < 4.78 is 5.91. The van der Waals surface area contributed by atoms with E-state index in [1.54, 1.807) is 11.8 Å². The van der Waals surface area contributed by atoms with Gasteiger partial charge in [0.05, 0.1) is 0 Å². The highest BCUT2D eigenvalue weighted by atomic mass is 16.5. The summed E-state index contributed by atoms with van der Waals surface area (Å²) in [6.45, 7) is 12.9. The number of amides is 2. The van der Waals surface area contributed by atoms with Crippen LogP contribution in [0.5, 0.6) is 5.75 Å². The molecule has 5 nitrogen and oxygen atoms in total. The lowest BCUT2D eigenvalue weighted by Crippen LogP contribution is -2.49. The van der Waals surface area contributed by atoms with E-state index < -0.39 is 6.04 Å². The van der Waals surface area contributed by atoms with Crippen molar-refractivity contribution in [2.75, 3.05) is 13.2 Å². The first kappa shape index (κ1) is 24.4. The molecule has 2 aromatic rings. The fourth-order valence-electron chi connectivity index (χ4n) is 3.32. The third-order valence-electron chi connectivity index (χ3n) is 5.35. The van der Waals surface area contributed by atoms with Gasteiger partial charge in [0.2, 0.25) is 5.91 Å². The molecule has 0 aliphatic carbocycles. The van der Waals surface area contributed by atoms with Gasteiger partial charge in [-0.15, -0.1) is 0 Å². The minimum Gasteiger partial charge on any atom is -0.483 e. The molecule has 0 spiro atoms. The number of ether oxygens (including phenoxy) is 1. The van der Waals surface area contributed by atoms with Crippen molar-refractivity contribution in [3.05, 3.63) is 65.2 Å². The van der Waals surface area contributed by atoms with E-state index in [-0.39, 0.29) is 24.3 Å². The Balaban J connectivity index is 2.19. The van der Waals surface area contributed by atoms with Crippen molar-refractivity contribution >= 4 is 11.8 Å². The minimum absolute atomic E-state index is 0.114. The van der Waals surface area contributed by atoms with Crippen LogP contribution < -0.4 is 10.1 Å². The van der Waals surface area contributed by atoms with Crippen molar-refractivity contribution in [2.24, 2.45) is 5.92 Å². The van der Waals surface area contributed by atoms with Gasteiger partial charge in [-0.25, -0.2) is 0 Å². The molecule has 0 aliphatic rings. The minimum atomic E-state index is -0.602. The molecule has 0 aromatic heterocycles. The molecule has 0 unspecified atom stereocenters. The second-order valence-electron chi connectivity index (χ2n) is 8.74. The Morgan fingerprint density at radius 1 is 0.968 bits per heavy atom. The molecule has 1 N–H and O–H groups in total. The monoisotopic (exact) mass is 424 g/mol. The van der Waals surface area contributed by atoms with E-state index in [4.69, 9.17) is 4.74 Å². The highest BCUT2D eigenvalue weighted by Gasteiger charge is 2.27. The number of carbonyl (C=O) groups excluding carboxylic acids is 2. The van der Waals surface area contributed by atoms with Crippen LogP contribution in [0.15, 0.2) is 48.5 Å². The van der Waals surface area contributed by atoms with Crippen LogP contribution in [0.1, 0.15) is 57.2 Å². The second kappa shape index (κ2) is 11.5. The number of nitrogens with zero attached hydrogens (tertiary/aromatic N) is 1. The molecule has 168 valence electrons. The standard InChI is InChI=1S/C26H36N2O3/c1-18(2)15-27-26(30)21(6)28(16-22-12-8-7-11-20(22)5)25(29)17-31-24-14-10-9-13-23(24)19(3)4/h7-14,18-19,21H,15-17H2,1-6H3,(H,27,30)/t21-/m0/s1. The summed E-state index contributed by atoms with van der Waals surface area (Å²) >= 11 is 0. The predicted molar refractivity (Wildman–Crippen MR) is 125 cm³/mol. The molecule has 0 saturated carbocycles. The average Bonchev–Trinajstić information content (AvgIpc) is 2.74. The SMILES string of the molecule is Cc1ccccc1CN(C(=O)COc1ccccc1C(C)C)[C@@H](C)C(=O)NCC(C)C. The number of aryl methyl sites for hydroxylation is 1. The number of carbonyl (C=O) groups is 2. The molecule has 31 heavy (non-hydrogen) atoms. The molecular formula is C26H36N2O3. The van der Waals surface area contributed by atoms with Crippen molar-refractivity contribution in [3.8, 4) is 5.75 Å². The van der Waals surface area contributed by atoms with Gasteiger partial charge in [-0.1, -0.05) is 70.2 Å². The van der Waals surface area contributed by atoms with E-state index in [1.165, 1.54) is 0 Å². The number of nitrogens with one attached hydrogen (secondary N) is 1. The Morgan fingerprint density at radius 3 is 2.26 bits per heavy atom. The van der Waals surface area contributed by atoms with Gasteiger partial charge in [0.1, 0.15) is 11.8 Å². The van der Waals surface area contributed by atoms with Crippen LogP contribution in [0, 0.1) is 12.8 Å². The van der Waals surface area contributed by atoms with Gasteiger partial charge in [0.15, 0.2) is 6.61 Å². The van der Waals surface area contributed by atoms with Crippen LogP contribution in [-0.4, -0.2) is 35.9 Å². The fraction of sp³-hybridized carbons (Fsp3) is 0.462. The molecule has 2 amide bonds. The van der Waals surface area contributed by atoms with Gasteiger partial charge in [-0.2, -0.15) is 0 Å². The first-order valence-electron chi connectivity index (χ1n) is 11.0. The van der Waals surface area contributed by atoms with Crippen molar-refractivity contribution in [2.45, 2.75) is 60.0 Å². The number of para-hydroxylation sites is 1. The Labute approximate surface area is 186 Å². The van der Waals surface area contributed by atoms with Crippen LogP contribution >= 0.6 is 0 Å². The molecule has 0 fully saturated rings. The van der Waals surface area contributed by atoms with E-state index in [9.17, 15) is 9.59 Å². The third-order valence-corrected chi connectivity index (χ3v) is 5.35. The van der Waals surface area contributed by atoms with Crippen molar-refractivity contribution in [1.29, 1.82) is 0 Å². The van der Waals surface area contributed by atoms with E-state index in [0.717, 1.165) is 16.7 Å². The maximum absolute atomic E-state index is 13.2. The molecule has 0 aliphatic heterocycles. The molecular weight excluding hydrogens is 388 g/mol. The average molecular weight is 425 g/mol. The van der Waals surface area contributed by atoms with Gasteiger partial charge in [0.25, 0.3) is 5.91 Å². The van der Waals surface area contributed by atoms with Gasteiger partial charge in [0, 0.05) is 13.1 Å². The van der Waals surface area contributed by atoms with Gasteiger partial charge in [-0.05, 0) is 48.4 Å². The third kappa shape index (κ3) is 7.12. The normalized spacial score (nSPS) is 12.0. The lowest BCUT2D eigenvalue weighted by molar-refractivity contribution is -0.142. The first-order chi connectivity index (χ1) is 14.7. The van der Waals surface area contributed by atoms with Gasteiger partial charge < -0.3 is 15.0 Å². The van der Waals surface area contributed by atoms with Crippen LogP contribution in [-0.2, 0) is 16.1 Å². The highest BCUT2D eigenvalue weighted by molar-refractivity contribution is 5.88. The number of hydrogen-bond acceptors (Lipinski definition) is 3. The smallest absolute Gasteiger partial charge is 0.261 e. The van der Waals surface area contributed by atoms with Crippen molar-refractivity contribution < 1.29 is 14.3 Å². The van der Waals surface area contributed by atoms with Crippen LogP contribution in [0.2, 0.25) is 0 Å². The predicted octanol–water partition coefficient (Wildman–Crippen LogP) is 4.69. The molecule has 5 heteroatoms. The summed E-state index contributed by atoms with van der Waals surface area (Å²) in [5.74, 6) is 0.966. The quantitative estimate of drug-likeness (QED) is 0.602. The molecule has 0 heterocycles. The summed E-state index contributed by atoms with van der Waals surface area (Å²) in [5.41, 5.74) is 3.16. The molecule has 2 aromatic carbocycles. The van der Waals surface area contributed by atoms with E-state index in [1.807, 2.05) is 69.3 Å². The van der Waals surface area contributed by atoms with Crippen molar-refractivity contribution in [1.82, 2.24) is 10.2 Å². The second-order valence-corrected chi connectivity index (χ2v) is 8.74. The summed E-state index contributed by atoms with van der Waals surface area (Å²) in [7, 11) is 0. The fourth-order valence-corrected chi connectivity index (χ4v) is 3.32. The summed E-state index contributed by atoms with van der Waals surface area (Å²) in [5, 5.41) is 2.94.